The predicted octanol–water partition coefficient (Wildman–Crippen LogP) is 6.11. The molecule has 208 valence electrons. The zero-order chi connectivity index (χ0) is 28.7. The maximum Gasteiger partial charge on any atom is 0.573 e. The number of fused-ring (bicyclic) bond motifs is 1. The zero-order valence-corrected chi connectivity index (χ0v) is 21.9. The van der Waals surface area contributed by atoms with E-state index in [0.717, 1.165) is 57.7 Å². The number of hydrogen-bond acceptors (Lipinski definition) is 6. The van der Waals surface area contributed by atoms with Crippen LogP contribution in [0.4, 0.5) is 19.0 Å². The average molecular weight is 573 g/mol. The van der Waals surface area contributed by atoms with Crippen molar-refractivity contribution in [3.8, 4) is 11.5 Å². The summed E-state index contributed by atoms with van der Waals surface area (Å²) in [6, 6.07) is 15.8. The van der Waals surface area contributed by atoms with Gasteiger partial charge in [-0.25, -0.2) is 22.5 Å². The van der Waals surface area contributed by atoms with Gasteiger partial charge in [0, 0.05) is 23.2 Å². The molecule has 0 saturated heterocycles. The SMILES string of the molecule is COc1cc(S(=O)(=O)N(Cc2ccc(OC(F)(F)F)cc2)c2ncc3ccccc3c2C2CC2)ccc1C(=O)O. The fourth-order valence-electron chi connectivity index (χ4n) is 4.52. The number of carboxylic acids is 1. The van der Waals surface area contributed by atoms with Gasteiger partial charge >= 0.3 is 12.3 Å². The van der Waals surface area contributed by atoms with E-state index in [1.54, 1.807) is 6.20 Å². The van der Waals surface area contributed by atoms with E-state index in [0.29, 0.717) is 5.56 Å². The Hall–Kier alpha value is -4.32. The fraction of sp³-hybridized carbons (Fsp3) is 0.214. The first kappa shape index (κ1) is 27.3. The lowest BCUT2D eigenvalue weighted by molar-refractivity contribution is -0.274. The Labute approximate surface area is 227 Å². The Bertz CT molecular complexity index is 1690. The molecule has 1 aliphatic rings. The van der Waals surface area contributed by atoms with Crippen LogP contribution in [0.5, 0.6) is 11.5 Å². The smallest absolute Gasteiger partial charge is 0.496 e. The second-order valence-corrected chi connectivity index (χ2v) is 11.1. The summed E-state index contributed by atoms with van der Waals surface area (Å²) >= 11 is 0. The summed E-state index contributed by atoms with van der Waals surface area (Å²) in [5.74, 6) is -1.60. The minimum absolute atomic E-state index is 0.0813. The standard InChI is InChI=1S/C28H23F3N2O6S/c1-38-24-14-21(12-13-23(24)27(34)35)40(36,37)33(16-17-6-10-20(11-7-17)39-28(29,30)31)26-25(18-8-9-18)22-5-3-2-4-19(22)15-32-26/h2-7,10-15,18H,8-9,16H2,1H3,(H,34,35). The summed E-state index contributed by atoms with van der Waals surface area (Å²) in [5.41, 5.74) is 0.924. The molecular formula is C28H23F3N2O6S. The Morgan fingerprint density at radius 1 is 1.07 bits per heavy atom. The molecular weight excluding hydrogens is 549 g/mol. The number of anilines is 1. The molecule has 4 aromatic rings. The van der Waals surface area contributed by atoms with Gasteiger partial charge in [0.05, 0.1) is 18.6 Å². The number of alkyl halides is 3. The highest BCUT2D eigenvalue weighted by Gasteiger charge is 2.36. The predicted molar refractivity (Wildman–Crippen MR) is 140 cm³/mol. The van der Waals surface area contributed by atoms with E-state index < -0.39 is 28.1 Å². The number of methoxy groups -OCH3 is 1. The first-order valence-corrected chi connectivity index (χ1v) is 13.6. The van der Waals surface area contributed by atoms with Gasteiger partial charge in [-0.3, -0.25) is 0 Å². The van der Waals surface area contributed by atoms with E-state index in [1.165, 1.54) is 25.3 Å². The van der Waals surface area contributed by atoms with Crippen molar-refractivity contribution in [1.29, 1.82) is 0 Å². The van der Waals surface area contributed by atoms with Crippen LogP contribution in [0.1, 0.15) is 40.2 Å². The van der Waals surface area contributed by atoms with E-state index in [4.69, 9.17) is 4.74 Å². The van der Waals surface area contributed by atoms with Gasteiger partial charge in [0.1, 0.15) is 22.9 Å². The molecule has 1 N–H and O–H groups in total. The number of pyridine rings is 1. The number of carboxylic acid groups (broad SMARTS) is 1. The first-order chi connectivity index (χ1) is 19.0. The Balaban J connectivity index is 1.65. The van der Waals surface area contributed by atoms with E-state index in [9.17, 15) is 31.5 Å². The largest absolute Gasteiger partial charge is 0.573 e. The first-order valence-electron chi connectivity index (χ1n) is 12.1. The van der Waals surface area contributed by atoms with Crippen molar-refractivity contribution in [3.63, 3.8) is 0 Å². The number of nitrogens with zero attached hydrogens (tertiary/aromatic N) is 2. The Kier molecular flexibility index (Phi) is 7.05. The van der Waals surface area contributed by atoms with Gasteiger partial charge in [-0.2, -0.15) is 0 Å². The number of halogens is 3. The molecule has 0 unspecified atom stereocenters. The highest BCUT2D eigenvalue weighted by Crippen LogP contribution is 2.48. The molecule has 0 bridgehead atoms. The van der Waals surface area contributed by atoms with Gasteiger partial charge in [0.25, 0.3) is 10.0 Å². The maximum atomic E-state index is 14.2. The molecule has 12 heteroatoms. The molecule has 1 fully saturated rings. The highest BCUT2D eigenvalue weighted by molar-refractivity contribution is 7.92. The zero-order valence-electron chi connectivity index (χ0n) is 21.1. The van der Waals surface area contributed by atoms with Crippen LogP contribution in [-0.4, -0.2) is 37.9 Å². The Morgan fingerprint density at radius 2 is 1.77 bits per heavy atom. The third kappa shape index (κ3) is 5.53. The van der Waals surface area contributed by atoms with Crippen LogP contribution < -0.4 is 13.8 Å². The number of aromatic nitrogens is 1. The molecule has 8 nitrogen and oxygen atoms in total. The van der Waals surface area contributed by atoms with Crippen molar-refractivity contribution < 1.29 is 41.0 Å². The molecule has 1 heterocycles. The third-order valence-electron chi connectivity index (χ3n) is 6.51. The van der Waals surface area contributed by atoms with Crippen LogP contribution in [0.3, 0.4) is 0 Å². The summed E-state index contributed by atoms with van der Waals surface area (Å²) < 4.78 is 76.5. The van der Waals surface area contributed by atoms with Gasteiger partial charge in [-0.15, -0.1) is 13.2 Å². The second kappa shape index (κ2) is 10.3. The average Bonchev–Trinajstić information content (AvgIpc) is 3.76. The van der Waals surface area contributed by atoms with Gasteiger partial charge in [0.15, 0.2) is 0 Å². The van der Waals surface area contributed by atoms with Gasteiger partial charge in [0.2, 0.25) is 0 Å². The summed E-state index contributed by atoms with van der Waals surface area (Å²) in [7, 11) is -3.14. The lowest BCUT2D eigenvalue weighted by atomic mass is 10.0. The van der Waals surface area contributed by atoms with Gasteiger partial charge in [-0.05, 0) is 54.0 Å². The van der Waals surface area contributed by atoms with Crippen LogP contribution in [0, 0.1) is 0 Å². The van der Waals surface area contributed by atoms with Crippen molar-refractivity contribution >= 4 is 32.6 Å². The van der Waals surface area contributed by atoms with Crippen molar-refractivity contribution in [1.82, 2.24) is 4.98 Å². The van der Waals surface area contributed by atoms with E-state index >= 15 is 0 Å². The van der Waals surface area contributed by atoms with Crippen LogP contribution in [0.25, 0.3) is 10.8 Å². The molecule has 1 aromatic heterocycles. The third-order valence-corrected chi connectivity index (χ3v) is 8.25. The lowest BCUT2D eigenvalue weighted by Gasteiger charge is -2.27. The number of ether oxygens (including phenoxy) is 2. The number of benzene rings is 3. The maximum absolute atomic E-state index is 14.2. The minimum Gasteiger partial charge on any atom is -0.496 e. The van der Waals surface area contributed by atoms with E-state index in [1.807, 2.05) is 24.3 Å². The van der Waals surface area contributed by atoms with Crippen LogP contribution in [0.15, 0.2) is 77.8 Å². The van der Waals surface area contributed by atoms with Gasteiger partial charge < -0.3 is 14.6 Å². The molecule has 1 saturated carbocycles. The molecule has 40 heavy (non-hydrogen) atoms. The molecule has 0 aliphatic heterocycles. The molecule has 0 radical (unpaired) electrons. The van der Waals surface area contributed by atoms with Crippen molar-refractivity contribution in [2.24, 2.45) is 0 Å². The van der Waals surface area contributed by atoms with E-state index in [2.05, 4.69) is 9.72 Å². The van der Waals surface area contributed by atoms with Crippen molar-refractivity contribution in [3.05, 3.63) is 89.6 Å². The highest BCUT2D eigenvalue weighted by atomic mass is 32.2. The number of carbonyl (C=O) groups is 1. The summed E-state index contributed by atoms with van der Waals surface area (Å²) in [6.45, 7) is -0.261. The van der Waals surface area contributed by atoms with E-state index in [-0.39, 0.29) is 34.5 Å². The molecule has 0 atom stereocenters. The van der Waals surface area contributed by atoms with Gasteiger partial charge in [-0.1, -0.05) is 36.4 Å². The lowest BCUT2D eigenvalue weighted by Crippen LogP contribution is -2.32. The second-order valence-electron chi connectivity index (χ2n) is 9.23. The molecule has 1 aliphatic carbocycles. The van der Waals surface area contributed by atoms with Crippen LogP contribution in [0.2, 0.25) is 0 Å². The monoisotopic (exact) mass is 572 g/mol. The number of aromatic carboxylic acids is 1. The molecule has 3 aromatic carbocycles. The quantitative estimate of drug-likeness (QED) is 0.258. The molecule has 0 amide bonds. The normalized spacial score (nSPS) is 13.7. The molecule has 0 spiro atoms. The summed E-state index contributed by atoms with van der Waals surface area (Å²) in [6.07, 6.45) is -1.60. The molecule has 5 rings (SSSR count). The minimum atomic E-state index is -4.87. The van der Waals surface area contributed by atoms with Crippen molar-refractivity contribution in [2.45, 2.75) is 36.6 Å². The van der Waals surface area contributed by atoms with Crippen molar-refractivity contribution in [2.75, 3.05) is 11.4 Å². The summed E-state index contributed by atoms with van der Waals surface area (Å²) in [5, 5.41) is 11.1. The topological polar surface area (TPSA) is 106 Å². The van der Waals surface area contributed by atoms with Crippen LogP contribution >= 0.6 is 0 Å². The number of sulfonamides is 1. The summed E-state index contributed by atoms with van der Waals surface area (Å²) in [4.78, 5) is 15.9. The fourth-order valence-corrected chi connectivity index (χ4v) is 5.96. The number of rotatable bonds is 9. The number of hydrogen-bond donors (Lipinski definition) is 1. The van der Waals surface area contributed by atoms with Crippen LogP contribution in [-0.2, 0) is 16.6 Å². The Morgan fingerprint density at radius 3 is 2.40 bits per heavy atom.